The number of rotatable bonds is 1. The van der Waals surface area contributed by atoms with Crippen LogP contribution in [0.5, 0.6) is 0 Å². The number of benzene rings is 1. The van der Waals surface area contributed by atoms with Crippen molar-refractivity contribution in [3.8, 4) is 0 Å². The first-order valence-corrected chi connectivity index (χ1v) is 4.82. The van der Waals surface area contributed by atoms with Crippen molar-refractivity contribution in [1.82, 2.24) is 5.32 Å². The first-order valence-electron chi connectivity index (χ1n) is 4.82. The van der Waals surface area contributed by atoms with Gasteiger partial charge in [-0.2, -0.15) is 0 Å². The molecule has 1 aromatic carbocycles. The third-order valence-electron chi connectivity index (χ3n) is 2.58. The van der Waals surface area contributed by atoms with Gasteiger partial charge >= 0.3 is 0 Å². The van der Waals surface area contributed by atoms with E-state index in [1.165, 1.54) is 5.56 Å². The van der Waals surface area contributed by atoms with E-state index in [0.29, 0.717) is 6.04 Å². The monoisotopic (exact) mass is 177 g/mol. The highest BCUT2D eigenvalue weighted by molar-refractivity contribution is 5.19. The average molecular weight is 177 g/mol. The molecule has 1 unspecified atom stereocenters. The van der Waals surface area contributed by atoms with Gasteiger partial charge in [-0.05, 0) is 24.9 Å². The van der Waals surface area contributed by atoms with Crippen LogP contribution in [0.3, 0.4) is 0 Å². The fraction of sp³-hybridized carbons (Fsp3) is 0.455. The predicted molar refractivity (Wildman–Crippen MR) is 52.4 cm³/mol. The second kappa shape index (κ2) is 3.90. The molecule has 2 heteroatoms. The molecule has 1 fully saturated rings. The van der Waals surface area contributed by atoms with Crippen molar-refractivity contribution in [2.75, 3.05) is 6.54 Å². The Morgan fingerprint density at radius 2 is 2.00 bits per heavy atom. The van der Waals surface area contributed by atoms with E-state index in [4.69, 9.17) is 0 Å². The van der Waals surface area contributed by atoms with Gasteiger partial charge in [-0.15, -0.1) is 0 Å². The van der Waals surface area contributed by atoms with Crippen LogP contribution in [0.1, 0.15) is 24.4 Å². The van der Waals surface area contributed by atoms with E-state index in [0.717, 1.165) is 19.4 Å². The van der Waals surface area contributed by atoms with Gasteiger partial charge in [0.15, 0.2) is 0 Å². The quantitative estimate of drug-likeness (QED) is 0.681. The molecule has 70 valence electrons. The third-order valence-corrected chi connectivity index (χ3v) is 2.58. The SMILES string of the molecule is O[C@H]1CCNC(c2ccccc2)C1. The summed E-state index contributed by atoms with van der Waals surface area (Å²) in [5.74, 6) is 0. The molecule has 0 amide bonds. The molecule has 2 rings (SSSR count). The molecule has 1 heterocycles. The second-order valence-corrected chi connectivity index (χ2v) is 3.60. The lowest BCUT2D eigenvalue weighted by Gasteiger charge is -2.27. The zero-order valence-electron chi connectivity index (χ0n) is 7.61. The maximum atomic E-state index is 9.50. The summed E-state index contributed by atoms with van der Waals surface area (Å²) >= 11 is 0. The standard InChI is InChI=1S/C11H15NO/c13-10-6-7-12-11(8-10)9-4-2-1-3-5-9/h1-5,10-13H,6-8H2/t10-,11?/m0/s1. The summed E-state index contributed by atoms with van der Waals surface area (Å²) < 4.78 is 0. The zero-order chi connectivity index (χ0) is 9.10. The van der Waals surface area contributed by atoms with Crippen LogP contribution in [0.4, 0.5) is 0 Å². The number of hydrogen-bond donors (Lipinski definition) is 2. The second-order valence-electron chi connectivity index (χ2n) is 3.60. The molecule has 1 aliphatic heterocycles. The minimum absolute atomic E-state index is 0.133. The molecular formula is C11H15NO. The number of piperidine rings is 1. The van der Waals surface area contributed by atoms with Crippen molar-refractivity contribution < 1.29 is 5.11 Å². The zero-order valence-corrected chi connectivity index (χ0v) is 7.61. The minimum Gasteiger partial charge on any atom is -0.393 e. The number of aliphatic hydroxyl groups is 1. The van der Waals surface area contributed by atoms with Crippen LogP contribution in [-0.4, -0.2) is 17.8 Å². The maximum absolute atomic E-state index is 9.50. The van der Waals surface area contributed by atoms with Crippen molar-refractivity contribution in [2.45, 2.75) is 25.0 Å². The van der Waals surface area contributed by atoms with E-state index in [1.54, 1.807) is 0 Å². The van der Waals surface area contributed by atoms with E-state index in [1.807, 2.05) is 18.2 Å². The van der Waals surface area contributed by atoms with Crippen LogP contribution < -0.4 is 5.32 Å². The van der Waals surface area contributed by atoms with Crippen LogP contribution in [-0.2, 0) is 0 Å². The van der Waals surface area contributed by atoms with Gasteiger partial charge in [0, 0.05) is 6.04 Å². The molecule has 2 N–H and O–H groups in total. The summed E-state index contributed by atoms with van der Waals surface area (Å²) in [4.78, 5) is 0. The Balaban J connectivity index is 2.08. The van der Waals surface area contributed by atoms with Crippen LogP contribution in [0, 0.1) is 0 Å². The molecule has 0 spiro atoms. The Labute approximate surface area is 78.6 Å². The van der Waals surface area contributed by atoms with Gasteiger partial charge in [0.25, 0.3) is 0 Å². The van der Waals surface area contributed by atoms with Crippen molar-refractivity contribution in [3.63, 3.8) is 0 Å². The summed E-state index contributed by atoms with van der Waals surface area (Å²) in [5.41, 5.74) is 1.28. The Hall–Kier alpha value is -0.860. The number of aliphatic hydroxyl groups excluding tert-OH is 1. The van der Waals surface area contributed by atoms with Gasteiger partial charge in [-0.3, -0.25) is 0 Å². The lowest BCUT2D eigenvalue weighted by molar-refractivity contribution is 0.117. The molecule has 1 saturated heterocycles. The number of nitrogens with one attached hydrogen (secondary N) is 1. The van der Waals surface area contributed by atoms with Crippen molar-refractivity contribution in [2.24, 2.45) is 0 Å². The first kappa shape index (κ1) is 8.73. The smallest absolute Gasteiger partial charge is 0.0570 e. The van der Waals surface area contributed by atoms with Crippen LogP contribution in [0.15, 0.2) is 30.3 Å². The summed E-state index contributed by atoms with van der Waals surface area (Å²) in [6.07, 6.45) is 1.58. The molecule has 1 aromatic rings. The molecule has 13 heavy (non-hydrogen) atoms. The Bertz CT molecular complexity index is 260. The highest BCUT2D eigenvalue weighted by Crippen LogP contribution is 2.22. The highest BCUT2D eigenvalue weighted by atomic mass is 16.3. The Morgan fingerprint density at radius 3 is 2.69 bits per heavy atom. The molecule has 0 saturated carbocycles. The molecule has 2 atom stereocenters. The van der Waals surface area contributed by atoms with Gasteiger partial charge in [0.05, 0.1) is 6.10 Å². The molecule has 2 nitrogen and oxygen atoms in total. The minimum atomic E-state index is -0.133. The number of hydrogen-bond acceptors (Lipinski definition) is 2. The summed E-state index contributed by atoms with van der Waals surface area (Å²) in [6, 6.07) is 10.6. The highest BCUT2D eigenvalue weighted by Gasteiger charge is 2.20. The normalized spacial score (nSPS) is 28.7. The molecule has 0 radical (unpaired) electrons. The molecule has 0 bridgehead atoms. The first-order chi connectivity index (χ1) is 6.36. The summed E-state index contributed by atoms with van der Waals surface area (Å²) in [6.45, 7) is 0.917. The Kier molecular flexibility index (Phi) is 2.62. The summed E-state index contributed by atoms with van der Waals surface area (Å²) in [5, 5.41) is 12.9. The maximum Gasteiger partial charge on any atom is 0.0570 e. The molecule has 0 aliphatic carbocycles. The molecule has 1 aliphatic rings. The van der Waals surface area contributed by atoms with Crippen LogP contribution >= 0.6 is 0 Å². The third kappa shape index (κ3) is 2.08. The fourth-order valence-electron chi connectivity index (χ4n) is 1.84. The van der Waals surface area contributed by atoms with Crippen molar-refractivity contribution in [3.05, 3.63) is 35.9 Å². The van der Waals surface area contributed by atoms with E-state index >= 15 is 0 Å². The fourth-order valence-corrected chi connectivity index (χ4v) is 1.84. The van der Waals surface area contributed by atoms with Crippen LogP contribution in [0.2, 0.25) is 0 Å². The van der Waals surface area contributed by atoms with Gasteiger partial charge in [-0.25, -0.2) is 0 Å². The predicted octanol–water partition coefficient (Wildman–Crippen LogP) is 1.47. The van der Waals surface area contributed by atoms with E-state index in [-0.39, 0.29) is 6.10 Å². The largest absolute Gasteiger partial charge is 0.393 e. The topological polar surface area (TPSA) is 32.3 Å². The lowest BCUT2D eigenvalue weighted by atomic mass is 9.96. The molecule has 0 aromatic heterocycles. The van der Waals surface area contributed by atoms with E-state index in [2.05, 4.69) is 17.4 Å². The molecular weight excluding hydrogens is 162 g/mol. The average Bonchev–Trinajstić information content (AvgIpc) is 2.19. The van der Waals surface area contributed by atoms with Gasteiger partial charge in [0.2, 0.25) is 0 Å². The van der Waals surface area contributed by atoms with Gasteiger partial charge in [0.1, 0.15) is 0 Å². The Morgan fingerprint density at radius 1 is 1.23 bits per heavy atom. The van der Waals surface area contributed by atoms with Crippen LogP contribution in [0.25, 0.3) is 0 Å². The van der Waals surface area contributed by atoms with Gasteiger partial charge < -0.3 is 10.4 Å². The van der Waals surface area contributed by atoms with Gasteiger partial charge in [-0.1, -0.05) is 30.3 Å². The lowest BCUT2D eigenvalue weighted by Crippen LogP contribution is -2.34. The summed E-state index contributed by atoms with van der Waals surface area (Å²) in [7, 11) is 0. The van der Waals surface area contributed by atoms with E-state index in [9.17, 15) is 5.11 Å². The van der Waals surface area contributed by atoms with E-state index < -0.39 is 0 Å². The van der Waals surface area contributed by atoms with Crippen molar-refractivity contribution >= 4 is 0 Å². The van der Waals surface area contributed by atoms with Crippen molar-refractivity contribution in [1.29, 1.82) is 0 Å².